The number of nitrogens with zero attached hydrogens (tertiary/aromatic N) is 4. The summed E-state index contributed by atoms with van der Waals surface area (Å²) in [6, 6.07) is 0. The number of ketones is 2. The van der Waals surface area contributed by atoms with Crippen molar-refractivity contribution >= 4 is 35.9 Å². The number of hydrogen-bond donors (Lipinski definition) is 0. The Hall–Kier alpha value is -3.58. The van der Waals surface area contributed by atoms with Crippen LogP contribution in [0.15, 0.2) is 0 Å². The molecule has 304 valence electrons. The zero-order valence-electron chi connectivity index (χ0n) is 34.6. The normalized spacial score (nSPS) is 17.1. The zero-order chi connectivity index (χ0) is 40.4. The zero-order valence-corrected chi connectivity index (χ0v) is 34.6. The van der Waals surface area contributed by atoms with Gasteiger partial charge in [-0.05, 0) is 95.9 Å². The molecule has 4 amide bonds. The number of carbonyl (C=O) groups excluding carboxylic acids is 6. The Balaban J connectivity index is 1.94. The van der Waals surface area contributed by atoms with Gasteiger partial charge < -0.3 is 38.5 Å². The molecule has 0 aromatic heterocycles. The molecule has 2 fully saturated rings. The fourth-order valence-corrected chi connectivity index (χ4v) is 5.94. The van der Waals surface area contributed by atoms with Crippen molar-refractivity contribution in [2.24, 2.45) is 11.8 Å². The van der Waals surface area contributed by atoms with Gasteiger partial charge in [0.2, 0.25) is 0 Å². The maximum absolute atomic E-state index is 13.5. The number of unbranched alkanes of at least 4 members (excludes halogenated alkanes) is 4. The van der Waals surface area contributed by atoms with E-state index in [2.05, 4.69) is 0 Å². The molecule has 0 aromatic rings. The van der Waals surface area contributed by atoms with E-state index in [1.54, 1.807) is 83.1 Å². The fraction of sp³-hybridized carbons (Fsp3) is 0.846. The second-order valence-corrected chi connectivity index (χ2v) is 18.3. The van der Waals surface area contributed by atoms with Crippen LogP contribution in [0.5, 0.6) is 0 Å². The van der Waals surface area contributed by atoms with Crippen LogP contribution in [-0.2, 0) is 28.5 Å². The van der Waals surface area contributed by atoms with Gasteiger partial charge in [0.05, 0.1) is 11.8 Å². The number of ether oxygens (including phenoxy) is 4. The van der Waals surface area contributed by atoms with Gasteiger partial charge >= 0.3 is 24.4 Å². The highest BCUT2D eigenvalue weighted by atomic mass is 16.6. The van der Waals surface area contributed by atoms with Gasteiger partial charge in [-0.25, -0.2) is 19.2 Å². The summed E-state index contributed by atoms with van der Waals surface area (Å²) in [7, 11) is 0. The van der Waals surface area contributed by atoms with Gasteiger partial charge in [0.25, 0.3) is 0 Å². The van der Waals surface area contributed by atoms with E-state index in [0.717, 1.165) is 19.3 Å². The Kier molecular flexibility index (Phi) is 16.5. The van der Waals surface area contributed by atoms with Crippen molar-refractivity contribution in [3.05, 3.63) is 0 Å². The van der Waals surface area contributed by atoms with E-state index in [9.17, 15) is 28.8 Å². The third-order valence-corrected chi connectivity index (χ3v) is 8.41. The van der Waals surface area contributed by atoms with Gasteiger partial charge in [-0.1, -0.05) is 19.3 Å². The summed E-state index contributed by atoms with van der Waals surface area (Å²) >= 11 is 0. The van der Waals surface area contributed by atoms with Gasteiger partial charge in [0.1, 0.15) is 34.0 Å². The number of amides is 4. The van der Waals surface area contributed by atoms with Crippen LogP contribution in [0.4, 0.5) is 19.2 Å². The predicted octanol–water partition coefficient (Wildman–Crippen LogP) is 7.06. The number of Topliss-reactive ketones (excluding diaryl/α,β-unsaturated/α-hetero) is 2. The summed E-state index contributed by atoms with van der Waals surface area (Å²) in [5.41, 5.74) is -2.80. The second kappa shape index (κ2) is 19.1. The Morgan fingerprint density at radius 3 is 0.811 bits per heavy atom. The maximum atomic E-state index is 13.5. The molecule has 0 spiro atoms. The van der Waals surface area contributed by atoms with Crippen molar-refractivity contribution < 1.29 is 47.7 Å². The first-order valence-corrected chi connectivity index (χ1v) is 19.2. The maximum Gasteiger partial charge on any atom is 0.410 e. The Labute approximate surface area is 317 Å². The van der Waals surface area contributed by atoms with Crippen LogP contribution < -0.4 is 0 Å². The van der Waals surface area contributed by atoms with Crippen molar-refractivity contribution in [1.82, 2.24) is 19.6 Å². The van der Waals surface area contributed by atoms with Gasteiger partial charge in [0, 0.05) is 65.2 Å². The molecular weight excluding hydrogens is 684 g/mol. The first-order valence-electron chi connectivity index (χ1n) is 19.2. The lowest BCUT2D eigenvalue weighted by atomic mass is 9.96. The molecule has 0 N–H and O–H groups in total. The molecule has 2 aliphatic rings. The molecule has 0 bridgehead atoms. The average Bonchev–Trinajstić information content (AvgIpc) is 3.35. The molecule has 53 heavy (non-hydrogen) atoms. The van der Waals surface area contributed by atoms with E-state index in [4.69, 9.17) is 18.9 Å². The highest BCUT2D eigenvalue weighted by Crippen LogP contribution is 2.22. The van der Waals surface area contributed by atoms with Gasteiger partial charge in [0.15, 0.2) is 0 Å². The van der Waals surface area contributed by atoms with Crippen LogP contribution in [0.3, 0.4) is 0 Å². The number of carbonyl (C=O) groups is 6. The van der Waals surface area contributed by atoms with E-state index >= 15 is 0 Å². The van der Waals surface area contributed by atoms with Crippen LogP contribution >= 0.6 is 0 Å². The molecule has 14 heteroatoms. The predicted molar refractivity (Wildman–Crippen MR) is 201 cm³/mol. The first kappa shape index (κ1) is 45.6. The summed E-state index contributed by atoms with van der Waals surface area (Å²) in [4.78, 5) is 84.7. The van der Waals surface area contributed by atoms with Crippen LogP contribution in [0.1, 0.15) is 128 Å². The van der Waals surface area contributed by atoms with E-state index in [1.807, 2.05) is 0 Å². The van der Waals surface area contributed by atoms with E-state index < -0.39 is 58.6 Å². The largest absolute Gasteiger partial charge is 0.444 e. The van der Waals surface area contributed by atoms with E-state index in [0.29, 0.717) is 25.7 Å². The molecule has 2 heterocycles. The van der Waals surface area contributed by atoms with Crippen LogP contribution in [0.2, 0.25) is 0 Å². The molecule has 0 aliphatic carbocycles. The SMILES string of the molecule is CC(C)(C)OC(=O)N1CCN(C(=O)OC(C)(C)C)CC(C(=O)CCCCCCCC(=O)C2CN(C(=O)OC(C)(C)C)CCN(C(=O)OC(C)(C)C)C2)C1. The molecule has 2 aliphatic heterocycles. The van der Waals surface area contributed by atoms with Gasteiger partial charge in [-0.15, -0.1) is 0 Å². The average molecular weight is 753 g/mol. The minimum atomic E-state index is -0.699. The third kappa shape index (κ3) is 17.9. The lowest BCUT2D eigenvalue weighted by molar-refractivity contribution is -0.124. The molecule has 2 rings (SSSR count). The molecular formula is C39H68N4O10. The quantitative estimate of drug-likeness (QED) is 0.167. The molecule has 14 nitrogen and oxygen atoms in total. The summed E-state index contributed by atoms with van der Waals surface area (Å²) in [6.07, 6.45) is 2.18. The smallest absolute Gasteiger partial charge is 0.410 e. The lowest BCUT2D eigenvalue weighted by Crippen LogP contribution is -2.41. The minimum Gasteiger partial charge on any atom is -0.444 e. The highest BCUT2D eigenvalue weighted by molar-refractivity contribution is 5.84. The van der Waals surface area contributed by atoms with E-state index in [-0.39, 0.29) is 63.9 Å². The summed E-state index contributed by atoms with van der Waals surface area (Å²) in [6.45, 7) is 23.0. The van der Waals surface area contributed by atoms with E-state index in [1.165, 1.54) is 19.6 Å². The Morgan fingerprint density at radius 2 is 0.604 bits per heavy atom. The monoisotopic (exact) mass is 752 g/mol. The molecule has 0 radical (unpaired) electrons. The van der Waals surface area contributed by atoms with Crippen LogP contribution in [-0.4, -0.2) is 130 Å². The van der Waals surface area contributed by atoms with Gasteiger partial charge in [-0.2, -0.15) is 0 Å². The summed E-state index contributed by atoms with van der Waals surface area (Å²) in [5, 5.41) is 0. The fourth-order valence-electron chi connectivity index (χ4n) is 5.94. The minimum absolute atomic E-state index is 0.0263. The van der Waals surface area contributed by atoms with Gasteiger partial charge in [-0.3, -0.25) is 9.59 Å². The van der Waals surface area contributed by atoms with Crippen molar-refractivity contribution in [1.29, 1.82) is 0 Å². The standard InChI is InChI=1S/C39H68N4O10/c1-36(2,3)50-32(46)40-20-21-41(33(47)51-37(4,5)6)25-28(24-40)30(44)18-16-14-13-15-17-19-31(45)29-26-42(34(48)52-38(7,8)9)22-23-43(27-29)35(49)53-39(10,11)12/h28-29H,13-27H2,1-12H3. The Morgan fingerprint density at radius 1 is 0.396 bits per heavy atom. The second-order valence-electron chi connectivity index (χ2n) is 18.3. The van der Waals surface area contributed by atoms with Crippen molar-refractivity contribution in [3.8, 4) is 0 Å². The number of hydrogen-bond acceptors (Lipinski definition) is 10. The molecule has 0 saturated carbocycles. The van der Waals surface area contributed by atoms with Crippen molar-refractivity contribution in [2.75, 3.05) is 52.4 Å². The molecule has 0 atom stereocenters. The van der Waals surface area contributed by atoms with Crippen LogP contribution in [0, 0.1) is 11.8 Å². The topological polar surface area (TPSA) is 152 Å². The highest BCUT2D eigenvalue weighted by Gasteiger charge is 2.36. The van der Waals surface area contributed by atoms with Crippen molar-refractivity contribution in [3.63, 3.8) is 0 Å². The summed E-state index contributed by atoms with van der Waals surface area (Å²) in [5.74, 6) is -1.20. The summed E-state index contributed by atoms with van der Waals surface area (Å²) < 4.78 is 22.3. The molecule has 0 aromatic carbocycles. The molecule has 0 unspecified atom stereocenters. The molecule has 2 saturated heterocycles. The van der Waals surface area contributed by atoms with Crippen LogP contribution in [0.25, 0.3) is 0 Å². The Bertz CT molecular complexity index is 1100. The lowest BCUT2D eigenvalue weighted by Gasteiger charge is -2.27. The number of rotatable bonds is 10. The van der Waals surface area contributed by atoms with Crippen molar-refractivity contribution in [2.45, 2.75) is 150 Å². The third-order valence-electron chi connectivity index (χ3n) is 8.41. The first-order chi connectivity index (χ1) is 24.2.